The Labute approximate surface area is 219 Å². The smallest absolute Gasteiger partial charge is 0.324 e. The average Bonchev–Trinajstić information content (AvgIpc) is 2.88. The molecule has 0 saturated heterocycles. The number of benzene rings is 1. The Kier molecular flexibility index (Phi) is 8.02. The number of fused-ring (bicyclic) bond motifs is 2. The third kappa shape index (κ3) is 5.57. The Morgan fingerprint density at radius 1 is 0.946 bits per heavy atom. The standard InChI is InChI=1S/C30H34O6S/c1-4-35-28(31)30(29(32)36-5-2)16-15-23-12-13-24-18-22(11-14-26(24)27(23)19-30)17-21(3)20-37(33,34)25-9-7-6-8-10-25/h6-10,15,17-18H,3-5,11-14,16,19-20H2,1-2H3/b22-17-. The molecule has 3 aliphatic carbocycles. The Morgan fingerprint density at radius 3 is 2.24 bits per heavy atom. The summed E-state index contributed by atoms with van der Waals surface area (Å²) in [7, 11) is -3.46. The number of carbonyl (C=O) groups is 2. The van der Waals surface area contributed by atoms with Gasteiger partial charge in [0.25, 0.3) is 0 Å². The average molecular weight is 523 g/mol. The Hall–Kier alpha value is -3.19. The van der Waals surface area contributed by atoms with Crippen molar-refractivity contribution in [3.05, 3.63) is 88.6 Å². The van der Waals surface area contributed by atoms with Crippen LogP contribution >= 0.6 is 0 Å². The van der Waals surface area contributed by atoms with E-state index in [1.807, 2.05) is 12.2 Å². The number of rotatable bonds is 8. The van der Waals surface area contributed by atoms with Crippen molar-refractivity contribution in [1.82, 2.24) is 0 Å². The van der Waals surface area contributed by atoms with Gasteiger partial charge in [0.2, 0.25) is 0 Å². The zero-order chi connectivity index (χ0) is 26.6. The van der Waals surface area contributed by atoms with Crippen LogP contribution < -0.4 is 0 Å². The molecule has 0 amide bonds. The lowest BCUT2D eigenvalue weighted by Crippen LogP contribution is -2.44. The fraction of sp³-hybridized carbons (Fsp3) is 0.400. The molecule has 0 aromatic heterocycles. The van der Waals surface area contributed by atoms with E-state index in [0.29, 0.717) is 10.5 Å². The van der Waals surface area contributed by atoms with Crippen molar-refractivity contribution in [3.63, 3.8) is 0 Å². The highest BCUT2D eigenvalue weighted by molar-refractivity contribution is 7.91. The first kappa shape index (κ1) is 26.9. The van der Waals surface area contributed by atoms with E-state index in [4.69, 9.17) is 9.47 Å². The zero-order valence-electron chi connectivity index (χ0n) is 21.5. The zero-order valence-corrected chi connectivity index (χ0v) is 22.4. The summed E-state index contributed by atoms with van der Waals surface area (Å²) in [5.41, 5.74) is 4.83. The van der Waals surface area contributed by atoms with Crippen molar-refractivity contribution in [3.8, 4) is 0 Å². The molecule has 0 atom stereocenters. The molecule has 3 aliphatic rings. The second kappa shape index (κ2) is 11.1. The Bertz CT molecular complexity index is 1310. The van der Waals surface area contributed by atoms with Crippen LogP contribution in [0, 0.1) is 5.41 Å². The summed E-state index contributed by atoms with van der Waals surface area (Å²) >= 11 is 0. The second-order valence-electron chi connectivity index (χ2n) is 9.71. The monoisotopic (exact) mass is 522 g/mol. The second-order valence-corrected chi connectivity index (χ2v) is 11.7. The Morgan fingerprint density at radius 2 is 1.59 bits per heavy atom. The highest BCUT2D eigenvalue weighted by atomic mass is 32.2. The molecule has 1 aromatic carbocycles. The maximum absolute atomic E-state index is 13.0. The summed E-state index contributed by atoms with van der Waals surface area (Å²) in [6.07, 6.45) is 9.76. The quantitative estimate of drug-likeness (QED) is 0.327. The third-order valence-corrected chi connectivity index (χ3v) is 8.94. The van der Waals surface area contributed by atoms with Gasteiger partial charge in [0.1, 0.15) is 0 Å². The molecule has 1 aromatic rings. The normalized spacial score (nSPS) is 19.8. The fourth-order valence-electron chi connectivity index (χ4n) is 5.42. The van der Waals surface area contributed by atoms with Crippen molar-refractivity contribution in [2.75, 3.05) is 19.0 Å². The number of hydrogen-bond donors (Lipinski definition) is 0. The predicted octanol–water partition coefficient (Wildman–Crippen LogP) is 5.59. The summed E-state index contributed by atoms with van der Waals surface area (Å²) in [5, 5.41) is 0. The molecule has 0 saturated carbocycles. The third-order valence-electron chi connectivity index (χ3n) is 7.20. The van der Waals surface area contributed by atoms with Crippen LogP contribution in [0.5, 0.6) is 0 Å². The molecule has 0 radical (unpaired) electrons. The molecular formula is C30H34O6S. The molecule has 0 aliphatic heterocycles. The topological polar surface area (TPSA) is 86.7 Å². The lowest BCUT2D eigenvalue weighted by Gasteiger charge is -2.38. The highest BCUT2D eigenvalue weighted by Gasteiger charge is 2.51. The largest absolute Gasteiger partial charge is 0.465 e. The van der Waals surface area contributed by atoms with Crippen molar-refractivity contribution in [1.29, 1.82) is 0 Å². The summed E-state index contributed by atoms with van der Waals surface area (Å²) < 4.78 is 36.1. The van der Waals surface area contributed by atoms with Crippen LogP contribution in [-0.2, 0) is 28.9 Å². The van der Waals surface area contributed by atoms with Gasteiger partial charge in [-0.2, -0.15) is 0 Å². The Balaban J connectivity index is 1.60. The minimum atomic E-state index is -3.46. The summed E-state index contributed by atoms with van der Waals surface area (Å²) in [5.74, 6) is -1.19. The number of hydrogen-bond acceptors (Lipinski definition) is 6. The van der Waals surface area contributed by atoms with Gasteiger partial charge < -0.3 is 9.47 Å². The van der Waals surface area contributed by atoms with Gasteiger partial charge in [-0.25, -0.2) is 8.42 Å². The van der Waals surface area contributed by atoms with Gasteiger partial charge in [0.05, 0.1) is 23.9 Å². The molecule has 7 heteroatoms. The van der Waals surface area contributed by atoms with Crippen molar-refractivity contribution in [2.45, 2.75) is 57.3 Å². The number of ether oxygens (including phenoxy) is 2. The lowest BCUT2D eigenvalue weighted by molar-refractivity contribution is -0.172. The molecule has 6 nitrogen and oxygen atoms in total. The highest BCUT2D eigenvalue weighted by Crippen LogP contribution is 2.49. The SMILES string of the molecule is C=C(/C=C1\C=C2CCC3=CCC(C(=O)OCC)(C(=O)OCC)CC3=C2CC1)CS(=O)(=O)c1ccccc1. The van der Waals surface area contributed by atoms with Gasteiger partial charge in [0, 0.05) is 6.42 Å². The maximum Gasteiger partial charge on any atom is 0.324 e. The summed E-state index contributed by atoms with van der Waals surface area (Å²) in [4.78, 5) is 26.3. The molecular weight excluding hydrogens is 488 g/mol. The van der Waals surface area contributed by atoms with Crippen molar-refractivity contribution in [2.24, 2.45) is 5.41 Å². The first-order valence-corrected chi connectivity index (χ1v) is 14.5. The minimum absolute atomic E-state index is 0.133. The van der Waals surface area contributed by atoms with Gasteiger partial charge in [-0.1, -0.05) is 43.0 Å². The van der Waals surface area contributed by atoms with Crippen LogP contribution in [0.15, 0.2) is 93.5 Å². The molecule has 4 rings (SSSR count). The molecule has 196 valence electrons. The number of carbonyl (C=O) groups excluding carboxylic acids is 2. The van der Waals surface area contributed by atoms with E-state index in [0.717, 1.165) is 36.8 Å². The van der Waals surface area contributed by atoms with Crippen LogP contribution in [0.25, 0.3) is 0 Å². The van der Waals surface area contributed by atoms with E-state index < -0.39 is 27.2 Å². The lowest BCUT2D eigenvalue weighted by atomic mass is 9.66. The van der Waals surface area contributed by atoms with E-state index >= 15 is 0 Å². The van der Waals surface area contributed by atoms with Crippen molar-refractivity contribution < 1.29 is 27.5 Å². The molecule has 0 heterocycles. The molecule has 0 unspecified atom stereocenters. The minimum Gasteiger partial charge on any atom is -0.465 e. The van der Waals surface area contributed by atoms with Crippen LogP contribution in [0.2, 0.25) is 0 Å². The summed E-state index contributed by atoms with van der Waals surface area (Å²) in [6.45, 7) is 7.88. The summed E-state index contributed by atoms with van der Waals surface area (Å²) in [6, 6.07) is 8.41. The van der Waals surface area contributed by atoms with Gasteiger partial charge >= 0.3 is 11.9 Å². The van der Waals surface area contributed by atoms with Crippen molar-refractivity contribution >= 4 is 21.8 Å². The van der Waals surface area contributed by atoms with E-state index in [1.165, 1.54) is 16.7 Å². The van der Waals surface area contributed by atoms with Gasteiger partial charge in [0.15, 0.2) is 15.3 Å². The first-order chi connectivity index (χ1) is 17.7. The molecule has 0 N–H and O–H groups in total. The number of sulfone groups is 1. The number of esters is 2. The molecule has 0 bridgehead atoms. The van der Waals surface area contributed by atoms with Crippen LogP contribution in [0.3, 0.4) is 0 Å². The van der Waals surface area contributed by atoms with Gasteiger partial charge in [-0.3, -0.25) is 9.59 Å². The molecule has 0 fully saturated rings. The van der Waals surface area contributed by atoms with E-state index in [-0.39, 0.29) is 31.8 Å². The van der Waals surface area contributed by atoms with E-state index in [9.17, 15) is 18.0 Å². The van der Waals surface area contributed by atoms with E-state index in [1.54, 1.807) is 44.2 Å². The molecule has 37 heavy (non-hydrogen) atoms. The van der Waals surface area contributed by atoms with Crippen LogP contribution in [0.1, 0.15) is 52.4 Å². The maximum atomic E-state index is 13.0. The van der Waals surface area contributed by atoms with Gasteiger partial charge in [-0.05, 0) is 91.5 Å². The first-order valence-electron chi connectivity index (χ1n) is 12.8. The molecule has 0 spiro atoms. The van der Waals surface area contributed by atoms with E-state index in [2.05, 4.69) is 12.7 Å². The predicted molar refractivity (Wildman–Crippen MR) is 142 cm³/mol. The fourth-order valence-corrected chi connectivity index (χ4v) is 6.73. The number of allylic oxidation sites excluding steroid dienone is 8. The van der Waals surface area contributed by atoms with Crippen LogP contribution in [0.4, 0.5) is 0 Å². The van der Waals surface area contributed by atoms with Crippen LogP contribution in [-0.4, -0.2) is 39.3 Å². The van der Waals surface area contributed by atoms with Gasteiger partial charge in [-0.15, -0.1) is 0 Å².